The van der Waals surface area contributed by atoms with Crippen molar-refractivity contribution in [2.24, 2.45) is 0 Å². The van der Waals surface area contributed by atoms with E-state index < -0.39 is 0 Å². The molecule has 0 N–H and O–H groups in total. The van der Waals surface area contributed by atoms with E-state index in [9.17, 15) is 0 Å². The monoisotopic (exact) mass is 310 g/mol. The lowest BCUT2D eigenvalue weighted by molar-refractivity contribution is 0.0868. The Morgan fingerprint density at radius 2 is 1.14 bits per heavy atom. The van der Waals surface area contributed by atoms with Crippen LogP contribution in [0.1, 0.15) is 0 Å². The largest absolute Gasteiger partial charge is 0.491 e. The smallest absolute Gasteiger partial charge is 0.119 e. The summed E-state index contributed by atoms with van der Waals surface area (Å²) in [5.74, 6) is 1.61. The first-order valence-electron chi connectivity index (χ1n) is 7.64. The average molecular weight is 310 g/mol. The Kier molecular flexibility index (Phi) is 5.89. The molecule has 2 unspecified atom stereocenters. The lowest BCUT2D eigenvalue weighted by Crippen LogP contribution is -2.10. The van der Waals surface area contributed by atoms with Gasteiger partial charge >= 0.3 is 0 Å². The third kappa shape index (κ3) is 6.19. The molecule has 3 rings (SSSR count). The zero-order valence-electron chi connectivity index (χ0n) is 12.6. The van der Waals surface area contributed by atoms with E-state index in [-0.39, 0.29) is 0 Å². The van der Waals surface area contributed by atoms with Crippen molar-refractivity contribution in [1.29, 1.82) is 0 Å². The molecule has 6 nitrogen and oxygen atoms in total. The molecule has 0 spiro atoms. The van der Waals surface area contributed by atoms with Gasteiger partial charge < -0.3 is 28.4 Å². The normalized spacial score (nSPS) is 22.4. The van der Waals surface area contributed by atoms with Crippen molar-refractivity contribution in [3.05, 3.63) is 24.3 Å². The summed E-state index contributed by atoms with van der Waals surface area (Å²) in [7, 11) is 0. The fourth-order valence-corrected chi connectivity index (χ4v) is 1.83. The lowest BCUT2D eigenvalue weighted by atomic mass is 10.3. The highest BCUT2D eigenvalue weighted by atomic mass is 16.6. The number of rotatable bonds is 12. The van der Waals surface area contributed by atoms with Gasteiger partial charge in [-0.05, 0) is 24.3 Å². The van der Waals surface area contributed by atoms with Crippen molar-refractivity contribution >= 4 is 0 Å². The van der Waals surface area contributed by atoms with Crippen LogP contribution in [-0.4, -0.2) is 65.1 Å². The van der Waals surface area contributed by atoms with Crippen molar-refractivity contribution < 1.29 is 28.4 Å². The number of benzene rings is 1. The predicted octanol–water partition coefficient (Wildman–Crippen LogP) is 1.27. The molecule has 1 aromatic rings. The van der Waals surface area contributed by atoms with E-state index in [4.69, 9.17) is 28.4 Å². The minimum Gasteiger partial charge on any atom is -0.491 e. The molecule has 0 radical (unpaired) electrons. The molecule has 22 heavy (non-hydrogen) atoms. The van der Waals surface area contributed by atoms with Gasteiger partial charge in [-0.2, -0.15) is 0 Å². The molecule has 0 saturated carbocycles. The van der Waals surface area contributed by atoms with E-state index in [1.807, 2.05) is 24.3 Å². The van der Waals surface area contributed by atoms with Gasteiger partial charge in [0.1, 0.15) is 36.9 Å². The predicted molar refractivity (Wildman–Crippen MR) is 78.6 cm³/mol. The second-order valence-corrected chi connectivity index (χ2v) is 5.23. The van der Waals surface area contributed by atoms with Crippen LogP contribution in [0.15, 0.2) is 24.3 Å². The average Bonchev–Trinajstić information content (AvgIpc) is 3.43. The third-order valence-corrected chi connectivity index (χ3v) is 3.23. The van der Waals surface area contributed by atoms with Crippen molar-refractivity contribution in [2.75, 3.05) is 52.9 Å². The Morgan fingerprint density at radius 1 is 0.727 bits per heavy atom. The summed E-state index contributed by atoms with van der Waals surface area (Å²) >= 11 is 0. The standard InChI is InChI=1S/C16H22O6/c1-2-14(20-8-6-18-10-16-12-22-16)4-3-13(1)19-7-5-17-9-15-11-21-15/h1-4,15-16H,5-12H2. The fourth-order valence-electron chi connectivity index (χ4n) is 1.83. The van der Waals surface area contributed by atoms with Gasteiger partial charge in [-0.1, -0.05) is 0 Å². The van der Waals surface area contributed by atoms with Crippen molar-refractivity contribution in [1.82, 2.24) is 0 Å². The molecular formula is C16H22O6. The van der Waals surface area contributed by atoms with Crippen molar-refractivity contribution in [2.45, 2.75) is 12.2 Å². The molecule has 2 heterocycles. The van der Waals surface area contributed by atoms with Gasteiger partial charge in [-0.3, -0.25) is 0 Å². The van der Waals surface area contributed by atoms with Gasteiger partial charge in [-0.25, -0.2) is 0 Å². The summed E-state index contributed by atoms with van der Waals surface area (Å²) in [4.78, 5) is 0. The Bertz CT molecular complexity index is 386. The fraction of sp³-hybridized carbons (Fsp3) is 0.625. The van der Waals surface area contributed by atoms with Crippen LogP contribution in [0.4, 0.5) is 0 Å². The van der Waals surface area contributed by atoms with Crippen molar-refractivity contribution in [3.8, 4) is 11.5 Å². The first kappa shape index (κ1) is 15.6. The van der Waals surface area contributed by atoms with Crippen LogP contribution in [0.25, 0.3) is 0 Å². The molecule has 0 amide bonds. The summed E-state index contributed by atoms with van der Waals surface area (Å²) in [5, 5.41) is 0. The molecule has 2 saturated heterocycles. The van der Waals surface area contributed by atoms with Gasteiger partial charge in [-0.15, -0.1) is 0 Å². The van der Waals surface area contributed by atoms with Crippen LogP contribution in [0, 0.1) is 0 Å². The number of hydrogen-bond donors (Lipinski definition) is 0. The summed E-state index contributed by atoms with van der Waals surface area (Å²) in [6.45, 7) is 5.16. The molecule has 2 atom stereocenters. The Morgan fingerprint density at radius 3 is 1.50 bits per heavy atom. The van der Waals surface area contributed by atoms with Crippen LogP contribution in [0.5, 0.6) is 11.5 Å². The highest BCUT2D eigenvalue weighted by Gasteiger charge is 2.22. The van der Waals surface area contributed by atoms with Gasteiger partial charge in [0, 0.05) is 0 Å². The summed E-state index contributed by atoms with van der Waals surface area (Å²) in [6.07, 6.45) is 0.606. The highest BCUT2D eigenvalue weighted by molar-refractivity contribution is 5.31. The maximum atomic E-state index is 5.58. The van der Waals surface area contributed by atoms with Gasteiger partial charge in [0.15, 0.2) is 0 Å². The molecule has 6 heteroatoms. The number of hydrogen-bond acceptors (Lipinski definition) is 6. The van der Waals surface area contributed by atoms with Gasteiger partial charge in [0.2, 0.25) is 0 Å². The van der Waals surface area contributed by atoms with Crippen LogP contribution in [-0.2, 0) is 18.9 Å². The van der Waals surface area contributed by atoms with Crippen LogP contribution < -0.4 is 9.47 Å². The molecule has 2 aliphatic heterocycles. The van der Waals surface area contributed by atoms with Crippen molar-refractivity contribution in [3.63, 3.8) is 0 Å². The first-order chi connectivity index (χ1) is 10.9. The molecule has 0 aromatic heterocycles. The molecule has 0 aliphatic carbocycles. The molecule has 1 aromatic carbocycles. The summed E-state index contributed by atoms with van der Waals surface area (Å²) < 4.78 is 32.1. The molecule has 0 bridgehead atoms. The molecular weight excluding hydrogens is 288 g/mol. The number of ether oxygens (including phenoxy) is 6. The zero-order valence-corrected chi connectivity index (χ0v) is 12.6. The van der Waals surface area contributed by atoms with E-state index in [1.165, 1.54) is 0 Å². The second kappa shape index (κ2) is 8.33. The van der Waals surface area contributed by atoms with Gasteiger partial charge in [0.25, 0.3) is 0 Å². The van der Waals surface area contributed by atoms with E-state index in [2.05, 4.69) is 0 Å². The Labute approximate surface area is 130 Å². The first-order valence-corrected chi connectivity index (χ1v) is 7.64. The highest BCUT2D eigenvalue weighted by Crippen LogP contribution is 2.17. The van der Waals surface area contributed by atoms with Crippen LogP contribution in [0.3, 0.4) is 0 Å². The minimum absolute atomic E-state index is 0.303. The van der Waals surface area contributed by atoms with Crippen LogP contribution in [0.2, 0.25) is 0 Å². The summed E-state index contributed by atoms with van der Waals surface area (Å²) in [6, 6.07) is 7.55. The molecule has 2 fully saturated rings. The van der Waals surface area contributed by atoms with Crippen LogP contribution >= 0.6 is 0 Å². The quantitative estimate of drug-likeness (QED) is 0.428. The third-order valence-electron chi connectivity index (χ3n) is 3.23. The Hall–Kier alpha value is -1.34. The van der Waals surface area contributed by atoms with E-state index in [0.717, 1.165) is 24.7 Å². The summed E-state index contributed by atoms with van der Waals surface area (Å²) in [5.41, 5.74) is 0. The topological polar surface area (TPSA) is 62.0 Å². The molecule has 122 valence electrons. The Balaban J connectivity index is 1.22. The van der Waals surface area contributed by atoms with Gasteiger partial charge in [0.05, 0.1) is 39.6 Å². The SMILES string of the molecule is c1cc(OCCOCC2CO2)ccc1OCCOCC1CO1. The lowest BCUT2D eigenvalue weighted by Gasteiger charge is -2.09. The molecule has 2 aliphatic rings. The zero-order chi connectivity index (χ0) is 15.0. The van der Waals surface area contributed by atoms with E-state index in [0.29, 0.717) is 51.8 Å². The maximum absolute atomic E-state index is 5.58. The maximum Gasteiger partial charge on any atom is 0.119 e. The number of epoxide rings is 2. The second-order valence-electron chi connectivity index (χ2n) is 5.23. The van der Waals surface area contributed by atoms with E-state index >= 15 is 0 Å². The van der Waals surface area contributed by atoms with E-state index in [1.54, 1.807) is 0 Å². The minimum atomic E-state index is 0.303.